The second-order valence-corrected chi connectivity index (χ2v) is 6.63. The maximum Gasteiger partial charge on any atom is 0.270 e. The number of hydrogen-bond acceptors (Lipinski definition) is 4. The van der Waals surface area contributed by atoms with Crippen LogP contribution in [0.5, 0.6) is 5.75 Å². The van der Waals surface area contributed by atoms with E-state index in [1.54, 1.807) is 19.4 Å². The molecule has 0 saturated carbocycles. The third kappa shape index (κ3) is 5.58. The number of ether oxygens (including phenoxy) is 1. The van der Waals surface area contributed by atoms with Gasteiger partial charge in [0.1, 0.15) is 11.4 Å². The van der Waals surface area contributed by atoms with Crippen LogP contribution in [-0.2, 0) is 13.0 Å². The van der Waals surface area contributed by atoms with Crippen LogP contribution in [0.4, 0.5) is 5.69 Å². The van der Waals surface area contributed by atoms with Gasteiger partial charge in [0.25, 0.3) is 5.91 Å². The van der Waals surface area contributed by atoms with E-state index >= 15 is 0 Å². The number of nitrogens with zero attached hydrogens (tertiary/aromatic N) is 1. The van der Waals surface area contributed by atoms with Gasteiger partial charge in [-0.3, -0.25) is 9.78 Å². The minimum absolute atomic E-state index is 0.182. The van der Waals surface area contributed by atoms with Gasteiger partial charge in [0, 0.05) is 25.0 Å². The maximum atomic E-state index is 12.4. The van der Waals surface area contributed by atoms with Crippen molar-refractivity contribution in [2.24, 2.45) is 0 Å². The molecule has 0 aliphatic rings. The van der Waals surface area contributed by atoms with E-state index in [-0.39, 0.29) is 5.91 Å². The molecule has 3 aromatic rings. The van der Waals surface area contributed by atoms with E-state index < -0.39 is 0 Å². The average Bonchev–Trinajstić information content (AvgIpc) is 2.72. The molecule has 0 unspecified atom stereocenters. The third-order valence-corrected chi connectivity index (χ3v) is 4.41. The molecule has 2 aromatic carbocycles. The molecule has 144 valence electrons. The first-order valence-corrected chi connectivity index (χ1v) is 9.30. The van der Waals surface area contributed by atoms with E-state index in [1.165, 1.54) is 11.1 Å². The van der Waals surface area contributed by atoms with Crippen LogP contribution < -0.4 is 15.4 Å². The molecule has 5 nitrogen and oxygen atoms in total. The van der Waals surface area contributed by atoms with Crippen LogP contribution in [0.3, 0.4) is 0 Å². The minimum Gasteiger partial charge on any atom is -0.497 e. The van der Waals surface area contributed by atoms with Gasteiger partial charge >= 0.3 is 0 Å². The number of pyridine rings is 1. The Kier molecular flexibility index (Phi) is 6.63. The van der Waals surface area contributed by atoms with Crippen LogP contribution in [0.15, 0.2) is 66.9 Å². The number of hydrogen-bond donors (Lipinski definition) is 2. The molecule has 3 rings (SSSR count). The molecule has 1 heterocycles. The van der Waals surface area contributed by atoms with Crippen molar-refractivity contribution in [3.8, 4) is 5.75 Å². The van der Waals surface area contributed by atoms with E-state index in [2.05, 4.69) is 27.8 Å². The molecule has 0 atom stereocenters. The van der Waals surface area contributed by atoms with Crippen molar-refractivity contribution in [2.75, 3.05) is 19.0 Å². The number of benzene rings is 2. The molecule has 28 heavy (non-hydrogen) atoms. The lowest BCUT2D eigenvalue weighted by Crippen LogP contribution is -2.24. The average molecular weight is 375 g/mol. The van der Waals surface area contributed by atoms with Gasteiger partial charge in [0.05, 0.1) is 7.11 Å². The number of methoxy groups -OCH3 is 1. The first kappa shape index (κ1) is 19.4. The van der Waals surface area contributed by atoms with Crippen molar-refractivity contribution < 1.29 is 9.53 Å². The van der Waals surface area contributed by atoms with Crippen LogP contribution in [-0.4, -0.2) is 24.5 Å². The Balaban J connectivity index is 1.53. The zero-order chi connectivity index (χ0) is 19.8. The zero-order valence-electron chi connectivity index (χ0n) is 16.2. The molecule has 0 aliphatic carbocycles. The fourth-order valence-electron chi connectivity index (χ4n) is 2.94. The standard InChI is InChI=1S/C23H25N3O2/c1-17-5-3-7-19(13-17)16-26-23(27)22-15-20(10-12-25-22)24-11-9-18-6-4-8-21(14-18)28-2/h3-8,10,12-15H,9,11,16H2,1-2H3,(H,24,25)(H,26,27). The molecule has 0 aliphatic heterocycles. The van der Waals surface area contributed by atoms with Crippen molar-refractivity contribution in [2.45, 2.75) is 19.9 Å². The van der Waals surface area contributed by atoms with Crippen molar-refractivity contribution in [1.29, 1.82) is 0 Å². The van der Waals surface area contributed by atoms with Crippen molar-refractivity contribution in [1.82, 2.24) is 10.3 Å². The summed E-state index contributed by atoms with van der Waals surface area (Å²) >= 11 is 0. The lowest BCUT2D eigenvalue weighted by molar-refractivity contribution is 0.0946. The summed E-state index contributed by atoms with van der Waals surface area (Å²) in [7, 11) is 1.67. The molecule has 0 bridgehead atoms. The summed E-state index contributed by atoms with van der Waals surface area (Å²) in [6.45, 7) is 3.27. The number of rotatable bonds is 8. The summed E-state index contributed by atoms with van der Waals surface area (Å²) in [6.07, 6.45) is 2.50. The molecule has 1 aromatic heterocycles. The molecule has 5 heteroatoms. The topological polar surface area (TPSA) is 63.2 Å². The lowest BCUT2D eigenvalue weighted by Gasteiger charge is -2.09. The third-order valence-electron chi connectivity index (χ3n) is 4.41. The highest BCUT2D eigenvalue weighted by Crippen LogP contribution is 2.14. The van der Waals surface area contributed by atoms with Gasteiger partial charge in [0.2, 0.25) is 0 Å². The highest BCUT2D eigenvalue weighted by Gasteiger charge is 2.08. The van der Waals surface area contributed by atoms with E-state index in [0.717, 1.165) is 30.0 Å². The van der Waals surface area contributed by atoms with E-state index in [9.17, 15) is 4.79 Å². The van der Waals surface area contributed by atoms with Gasteiger partial charge in [-0.15, -0.1) is 0 Å². The van der Waals surface area contributed by atoms with Crippen LogP contribution >= 0.6 is 0 Å². The summed E-state index contributed by atoms with van der Waals surface area (Å²) in [4.78, 5) is 16.6. The van der Waals surface area contributed by atoms with Gasteiger partial charge in [-0.25, -0.2) is 0 Å². The summed E-state index contributed by atoms with van der Waals surface area (Å²) in [5.41, 5.74) is 4.71. The van der Waals surface area contributed by atoms with Gasteiger partial charge in [0.15, 0.2) is 0 Å². The largest absolute Gasteiger partial charge is 0.497 e. The number of aromatic nitrogens is 1. The fraction of sp³-hybridized carbons (Fsp3) is 0.217. The SMILES string of the molecule is COc1cccc(CCNc2ccnc(C(=O)NCc3cccc(C)c3)c2)c1. The summed E-state index contributed by atoms with van der Waals surface area (Å²) in [5, 5.41) is 6.27. The van der Waals surface area contributed by atoms with E-state index in [4.69, 9.17) is 4.74 Å². The minimum atomic E-state index is -0.182. The lowest BCUT2D eigenvalue weighted by atomic mass is 10.1. The number of nitrogens with one attached hydrogen (secondary N) is 2. The van der Waals surface area contributed by atoms with Gasteiger partial charge in [-0.05, 0) is 48.7 Å². The van der Waals surface area contributed by atoms with Crippen molar-refractivity contribution in [3.63, 3.8) is 0 Å². The molecular formula is C23H25N3O2. The summed E-state index contributed by atoms with van der Waals surface area (Å²) in [5.74, 6) is 0.673. The second-order valence-electron chi connectivity index (χ2n) is 6.63. The molecule has 0 fully saturated rings. The Bertz CT molecular complexity index is 940. The smallest absolute Gasteiger partial charge is 0.270 e. The molecule has 1 amide bonds. The molecule has 2 N–H and O–H groups in total. The molecular weight excluding hydrogens is 350 g/mol. The zero-order valence-corrected chi connectivity index (χ0v) is 16.2. The Hall–Kier alpha value is -3.34. The molecule has 0 spiro atoms. The highest BCUT2D eigenvalue weighted by atomic mass is 16.5. The fourth-order valence-corrected chi connectivity index (χ4v) is 2.94. The molecule has 0 saturated heterocycles. The van der Waals surface area contributed by atoms with Crippen molar-refractivity contribution >= 4 is 11.6 Å². The van der Waals surface area contributed by atoms with Gasteiger partial charge in [-0.1, -0.05) is 42.0 Å². The monoisotopic (exact) mass is 375 g/mol. The number of carbonyl (C=O) groups excluding carboxylic acids is 1. The summed E-state index contributed by atoms with van der Waals surface area (Å²) < 4.78 is 5.25. The molecule has 0 radical (unpaired) electrons. The Morgan fingerprint density at radius 1 is 1.04 bits per heavy atom. The number of carbonyl (C=O) groups is 1. The van der Waals surface area contributed by atoms with Gasteiger partial charge in [-0.2, -0.15) is 0 Å². The maximum absolute atomic E-state index is 12.4. The highest BCUT2D eigenvalue weighted by molar-refractivity contribution is 5.93. The van der Waals surface area contributed by atoms with E-state index in [1.807, 2.05) is 49.4 Å². The predicted molar refractivity (Wildman–Crippen MR) is 112 cm³/mol. The van der Waals surface area contributed by atoms with Gasteiger partial charge < -0.3 is 15.4 Å². The van der Waals surface area contributed by atoms with E-state index in [0.29, 0.717) is 12.2 Å². The predicted octanol–water partition coefficient (Wildman–Crippen LogP) is 3.98. The number of aryl methyl sites for hydroxylation is 1. The summed E-state index contributed by atoms with van der Waals surface area (Å²) in [6, 6.07) is 19.7. The normalized spacial score (nSPS) is 10.4. The first-order chi connectivity index (χ1) is 13.6. The number of amides is 1. The van der Waals surface area contributed by atoms with Crippen LogP contribution in [0.2, 0.25) is 0 Å². The Morgan fingerprint density at radius 3 is 2.68 bits per heavy atom. The second kappa shape index (κ2) is 9.55. The Labute approximate surface area is 165 Å². The number of anilines is 1. The first-order valence-electron chi connectivity index (χ1n) is 9.30. The van der Waals surface area contributed by atoms with Crippen LogP contribution in [0.1, 0.15) is 27.2 Å². The van der Waals surface area contributed by atoms with Crippen LogP contribution in [0.25, 0.3) is 0 Å². The van der Waals surface area contributed by atoms with Crippen LogP contribution in [0, 0.1) is 6.92 Å². The van der Waals surface area contributed by atoms with Crippen molar-refractivity contribution in [3.05, 3.63) is 89.2 Å². The Morgan fingerprint density at radius 2 is 1.86 bits per heavy atom. The quantitative estimate of drug-likeness (QED) is 0.625.